The van der Waals surface area contributed by atoms with Gasteiger partial charge in [0.05, 0.1) is 6.04 Å². The normalized spacial score (nSPS) is 17.1. The lowest BCUT2D eigenvalue weighted by molar-refractivity contribution is -0.126. The zero-order valence-electron chi connectivity index (χ0n) is 16.0. The van der Waals surface area contributed by atoms with Gasteiger partial charge in [0.1, 0.15) is 11.6 Å². The van der Waals surface area contributed by atoms with Gasteiger partial charge in [-0.3, -0.25) is 9.69 Å². The second-order valence-electron chi connectivity index (χ2n) is 6.87. The summed E-state index contributed by atoms with van der Waals surface area (Å²) in [5.41, 5.74) is 0.982. The van der Waals surface area contributed by atoms with Gasteiger partial charge in [0.25, 0.3) is 0 Å². The van der Waals surface area contributed by atoms with Gasteiger partial charge in [-0.1, -0.05) is 36.4 Å². The van der Waals surface area contributed by atoms with Crippen molar-refractivity contribution in [3.8, 4) is 0 Å². The van der Waals surface area contributed by atoms with Crippen LogP contribution in [0.25, 0.3) is 0 Å². The van der Waals surface area contributed by atoms with Gasteiger partial charge in [-0.15, -0.1) is 0 Å². The summed E-state index contributed by atoms with van der Waals surface area (Å²) in [5, 5.41) is 2.87. The van der Waals surface area contributed by atoms with E-state index in [1.807, 2.05) is 35.2 Å². The first-order chi connectivity index (χ1) is 13.8. The molecule has 6 nitrogen and oxygen atoms in total. The molecule has 2 aromatic rings. The van der Waals surface area contributed by atoms with Gasteiger partial charge in [-0.25, -0.2) is 17.2 Å². The van der Waals surface area contributed by atoms with Crippen molar-refractivity contribution in [1.29, 1.82) is 0 Å². The number of hydrogen-bond donors (Lipinski definition) is 1. The number of rotatable bonds is 6. The average Bonchev–Trinajstić information content (AvgIpc) is 2.72. The third-order valence-electron chi connectivity index (χ3n) is 5.03. The number of benzene rings is 2. The maximum Gasteiger partial charge on any atom is 0.249 e. The highest BCUT2D eigenvalue weighted by molar-refractivity contribution is 7.89. The Morgan fingerprint density at radius 1 is 1.00 bits per heavy atom. The Hall–Kier alpha value is -2.36. The van der Waals surface area contributed by atoms with E-state index in [4.69, 9.17) is 0 Å². The van der Waals surface area contributed by atoms with E-state index in [0.717, 1.165) is 28.1 Å². The largest absolute Gasteiger partial charge is 0.351 e. The number of carbonyl (C=O) groups is 1. The molecule has 3 rings (SSSR count). The molecule has 9 heteroatoms. The molecule has 0 aliphatic carbocycles. The second-order valence-corrected chi connectivity index (χ2v) is 8.74. The van der Waals surface area contributed by atoms with E-state index < -0.39 is 32.6 Å². The van der Waals surface area contributed by atoms with Gasteiger partial charge >= 0.3 is 0 Å². The molecule has 1 amide bonds. The quantitative estimate of drug-likeness (QED) is 0.772. The highest BCUT2D eigenvalue weighted by atomic mass is 32.2. The molecule has 29 heavy (non-hydrogen) atoms. The summed E-state index contributed by atoms with van der Waals surface area (Å²) >= 11 is 0. The van der Waals surface area contributed by atoms with Crippen molar-refractivity contribution >= 4 is 15.9 Å². The third-order valence-corrected chi connectivity index (χ3v) is 6.98. The molecule has 0 radical (unpaired) electrons. The molecule has 1 atom stereocenters. The van der Waals surface area contributed by atoms with Gasteiger partial charge in [-0.05, 0) is 24.6 Å². The minimum Gasteiger partial charge on any atom is -0.351 e. The van der Waals surface area contributed by atoms with Crippen LogP contribution < -0.4 is 5.32 Å². The van der Waals surface area contributed by atoms with Crippen molar-refractivity contribution in [1.82, 2.24) is 14.5 Å². The minimum absolute atomic E-state index is 0.0480. The molecule has 1 aliphatic heterocycles. The molecule has 1 unspecified atom stereocenters. The van der Waals surface area contributed by atoms with E-state index >= 15 is 0 Å². The highest BCUT2D eigenvalue weighted by Crippen LogP contribution is 2.24. The van der Waals surface area contributed by atoms with Gasteiger partial charge in [0.15, 0.2) is 4.90 Å². The Bertz CT molecular complexity index is 942. The molecule has 0 spiro atoms. The van der Waals surface area contributed by atoms with Crippen LogP contribution in [0, 0.1) is 11.6 Å². The van der Waals surface area contributed by atoms with E-state index in [-0.39, 0.29) is 32.1 Å². The van der Waals surface area contributed by atoms with Crippen molar-refractivity contribution in [2.24, 2.45) is 0 Å². The summed E-state index contributed by atoms with van der Waals surface area (Å²) in [5.74, 6) is -2.38. The molecule has 0 aromatic heterocycles. The van der Waals surface area contributed by atoms with Crippen LogP contribution in [0.4, 0.5) is 8.78 Å². The minimum atomic E-state index is -4.28. The van der Waals surface area contributed by atoms with Crippen molar-refractivity contribution in [2.45, 2.75) is 24.4 Å². The van der Waals surface area contributed by atoms with Crippen molar-refractivity contribution in [3.63, 3.8) is 0 Å². The molecule has 1 fully saturated rings. The zero-order valence-corrected chi connectivity index (χ0v) is 16.8. The molecule has 1 aliphatic rings. The first kappa shape index (κ1) is 21.4. The van der Waals surface area contributed by atoms with Crippen LogP contribution in [-0.2, 0) is 21.4 Å². The van der Waals surface area contributed by atoms with E-state index in [9.17, 15) is 22.0 Å². The molecular formula is C20H23F2N3O3S. The lowest BCUT2D eigenvalue weighted by Crippen LogP contribution is -2.54. The summed E-state index contributed by atoms with van der Waals surface area (Å²) in [6, 6.07) is 12.0. The van der Waals surface area contributed by atoms with Gasteiger partial charge in [0, 0.05) is 32.7 Å². The Kier molecular flexibility index (Phi) is 6.61. The lowest BCUT2D eigenvalue weighted by atomic mass is 10.2. The monoisotopic (exact) mass is 423 g/mol. The number of nitrogens with zero attached hydrogens (tertiary/aromatic N) is 2. The predicted octanol–water partition coefficient (Wildman–Crippen LogP) is 1.98. The van der Waals surface area contributed by atoms with Crippen LogP contribution in [0.1, 0.15) is 12.5 Å². The molecule has 2 aromatic carbocycles. The molecule has 0 saturated carbocycles. The van der Waals surface area contributed by atoms with Crippen LogP contribution in [0.2, 0.25) is 0 Å². The van der Waals surface area contributed by atoms with E-state index in [1.165, 1.54) is 0 Å². The van der Waals surface area contributed by atoms with Gasteiger partial charge in [-0.2, -0.15) is 4.31 Å². The number of hydrogen-bond acceptors (Lipinski definition) is 4. The van der Waals surface area contributed by atoms with Gasteiger partial charge < -0.3 is 5.32 Å². The molecule has 1 heterocycles. The predicted molar refractivity (Wildman–Crippen MR) is 104 cm³/mol. The van der Waals surface area contributed by atoms with E-state index in [1.54, 1.807) is 6.92 Å². The summed E-state index contributed by atoms with van der Waals surface area (Å²) in [6.45, 7) is 2.83. The second kappa shape index (κ2) is 8.98. The first-order valence-corrected chi connectivity index (χ1v) is 10.7. The molecule has 0 bridgehead atoms. The maximum absolute atomic E-state index is 13.9. The fourth-order valence-corrected chi connectivity index (χ4v) is 4.82. The first-order valence-electron chi connectivity index (χ1n) is 9.30. The number of piperazine rings is 1. The molecule has 1 saturated heterocycles. The summed E-state index contributed by atoms with van der Waals surface area (Å²) in [4.78, 5) is 13.3. The number of sulfonamides is 1. The SMILES string of the molecule is CC(C(=O)NCc1ccccc1)N1CCN(S(=O)(=O)c2c(F)cccc2F)CC1. The maximum atomic E-state index is 13.9. The van der Waals surface area contributed by atoms with Crippen molar-refractivity contribution in [3.05, 3.63) is 65.7 Å². The van der Waals surface area contributed by atoms with E-state index in [2.05, 4.69) is 5.32 Å². The van der Waals surface area contributed by atoms with Crippen LogP contribution >= 0.6 is 0 Å². The van der Waals surface area contributed by atoms with Crippen LogP contribution in [0.3, 0.4) is 0 Å². The fourth-order valence-electron chi connectivity index (χ4n) is 3.29. The standard InChI is InChI=1S/C20H23F2N3O3S/c1-15(20(26)23-14-16-6-3-2-4-7-16)24-10-12-25(13-11-24)29(27,28)19-17(21)8-5-9-18(19)22/h2-9,15H,10-14H2,1H3,(H,23,26). The Balaban J connectivity index is 1.59. The number of halogens is 2. The van der Waals surface area contributed by atoms with Crippen molar-refractivity contribution < 1.29 is 22.0 Å². The highest BCUT2D eigenvalue weighted by Gasteiger charge is 2.34. The van der Waals surface area contributed by atoms with Crippen LogP contribution in [0.5, 0.6) is 0 Å². The summed E-state index contributed by atoms with van der Waals surface area (Å²) in [6.07, 6.45) is 0. The summed E-state index contributed by atoms with van der Waals surface area (Å²) < 4.78 is 54.2. The topological polar surface area (TPSA) is 69.7 Å². The Labute approximate surface area is 169 Å². The van der Waals surface area contributed by atoms with E-state index in [0.29, 0.717) is 6.54 Å². The molecule has 1 N–H and O–H groups in total. The van der Waals surface area contributed by atoms with Crippen LogP contribution in [-0.4, -0.2) is 55.8 Å². The Morgan fingerprint density at radius 2 is 1.59 bits per heavy atom. The number of nitrogens with one attached hydrogen (secondary N) is 1. The number of amides is 1. The fraction of sp³-hybridized carbons (Fsp3) is 0.350. The van der Waals surface area contributed by atoms with Crippen molar-refractivity contribution in [2.75, 3.05) is 26.2 Å². The Morgan fingerprint density at radius 3 is 2.17 bits per heavy atom. The summed E-state index contributed by atoms with van der Waals surface area (Å²) in [7, 11) is -4.28. The zero-order chi connectivity index (χ0) is 21.0. The molecular weight excluding hydrogens is 400 g/mol. The number of carbonyl (C=O) groups excluding carboxylic acids is 1. The average molecular weight is 423 g/mol. The molecule has 156 valence electrons. The lowest BCUT2D eigenvalue weighted by Gasteiger charge is -2.36. The van der Waals surface area contributed by atoms with Crippen LogP contribution in [0.15, 0.2) is 53.4 Å². The van der Waals surface area contributed by atoms with Gasteiger partial charge in [0.2, 0.25) is 15.9 Å². The third kappa shape index (κ3) is 4.80. The smallest absolute Gasteiger partial charge is 0.249 e.